The van der Waals surface area contributed by atoms with Gasteiger partial charge in [-0.15, -0.1) is 0 Å². The summed E-state index contributed by atoms with van der Waals surface area (Å²) in [7, 11) is -9.68. The van der Waals surface area contributed by atoms with Crippen molar-refractivity contribution in [2.45, 2.75) is 23.3 Å². The molecule has 0 aliphatic carbocycles. The molecule has 0 aliphatic rings. The minimum absolute atomic E-state index is 0. The minimum atomic E-state index is -4.84. The molecule has 0 fully saturated rings. The van der Waals surface area contributed by atoms with E-state index in [1.165, 1.54) is 0 Å². The van der Waals surface area contributed by atoms with Gasteiger partial charge in [0.1, 0.15) is 0 Å². The second-order valence-corrected chi connectivity index (χ2v) is 7.08. The molecule has 0 radical (unpaired) electrons. The summed E-state index contributed by atoms with van der Waals surface area (Å²) in [6.45, 7) is 0. The average molecular weight is 468 g/mol. The summed E-state index contributed by atoms with van der Waals surface area (Å²) in [4.78, 5) is 40.0. The van der Waals surface area contributed by atoms with Crippen molar-refractivity contribution in [2.24, 2.45) is 0 Å². The van der Waals surface area contributed by atoms with E-state index in [1.807, 2.05) is 0 Å². The quantitative estimate of drug-likeness (QED) is 0.145. The zero-order chi connectivity index (χ0) is 19.9. The van der Waals surface area contributed by atoms with Gasteiger partial charge < -0.3 is 20.4 Å². The van der Waals surface area contributed by atoms with E-state index < -0.39 is 67.5 Å². The molecule has 0 aromatic carbocycles. The number of carboxylic acids is 4. The van der Waals surface area contributed by atoms with E-state index in [9.17, 15) is 36.0 Å². The SMILES string of the molecule is O=C(O)CC(C(=O)O)S(=O)(=O)O.O=C(O)CC(C(=O)O)S(=O)(=O)O.[NaH].[NaH].[NaH]. The Hall–Kier alpha value is 0.700. The molecular formula is C8H15Na3O14S2. The van der Waals surface area contributed by atoms with Crippen LogP contribution >= 0.6 is 0 Å². The fourth-order valence-corrected chi connectivity index (χ4v) is 2.17. The van der Waals surface area contributed by atoms with E-state index in [4.69, 9.17) is 29.5 Å². The van der Waals surface area contributed by atoms with Crippen LogP contribution in [0.5, 0.6) is 0 Å². The third-order valence-corrected chi connectivity index (χ3v) is 4.16. The number of hydrogen-bond acceptors (Lipinski definition) is 8. The van der Waals surface area contributed by atoms with Gasteiger partial charge in [-0.05, 0) is 0 Å². The van der Waals surface area contributed by atoms with Crippen LogP contribution in [0.1, 0.15) is 12.8 Å². The summed E-state index contributed by atoms with van der Waals surface area (Å²) in [5.74, 6) is -7.00. The van der Waals surface area contributed by atoms with Crippen molar-refractivity contribution in [1.82, 2.24) is 0 Å². The number of rotatable bonds is 8. The number of carbonyl (C=O) groups is 4. The van der Waals surface area contributed by atoms with Crippen molar-refractivity contribution in [2.75, 3.05) is 0 Å². The summed E-state index contributed by atoms with van der Waals surface area (Å²) in [6.07, 6.45) is -2.32. The van der Waals surface area contributed by atoms with Gasteiger partial charge in [0.05, 0.1) is 12.8 Å². The van der Waals surface area contributed by atoms with E-state index in [0.29, 0.717) is 0 Å². The summed E-state index contributed by atoms with van der Waals surface area (Å²) >= 11 is 0. The summed E-state index contributed by atoms with van der Waals surface area (Å²) in [6, 6.07) is 0. The Labute approximate surface area is 219 Å². The van der Waals surface area contributed by atoms with Crippen molar-refractivity contribution in [3.05, 3.63) is 0 Å². The van der Waals surface area contributed by atoms with Crippen molar-refractivity contribution in [1.29, 1.82) is 0 Å². The Balaban J connectivity index is -0.000000108. The third-order valence-electron chi connectivity index (χ3n) is 1.99. The van der Waals surface area contributed by atoms with Gasteiger partial charge in [-0.3, -0.25) is 28.3 Å². The van der Waals surface area contributed by atoms with Crippen LogP contribution in [0.3, 0.4) is 0 Å². The average Bonchev–Trinajstić information content (AvgIpc) is 2.30. The molecule has 0 spiro atoms. The Morgan fingerprint density at radius 3 is 0.815 bits per heavy atom. The maximum atomic E-state index is 10.2. The molecule has 0 amide bonds. The molecule has 0 heterocycles. The molecule has 19 heteroatoms. The second kappa shape index (κ2) is 16.5. The van der Waals surface area contributed by atoms with Gasteiger partial charge in [0, 0.05) is 0 Å². The summed E-state index contributed by atoms with van der Waals surface area (Å²) in [5.41, 5.74) is 0. The zero-order valence-electron chi connectivity index (χ0n) is 11.3. The molecule has 6 N–H and O–H groups in total. The van der Waals surface area contributed by atoms with E-state index in [2.05, 4.69) is 0 Å². The Morgan fingerprint density at radius 1 is 0.593 bits per heavy atom. The Kier molecular flexibility index (Phi) is 23.4. The molecule has 0 rings (SSSR count). The van der Waals surface area contributed by atoms with E-state index in [0.717, 1.165) is 0 Å². The van der Waals surface area contributed by atoms with E-state index >= 15 is 0 Å². The van der Waals surface area contributed by atoms with Gasteiger partial charge in [-0.2, -0.15) is 16.8 Å². The first-order chi connectivity index (χ1) is 10.5. The molecule has 0 bridgehead atoms. The molecule has 0 aromatic rings. The molecule has 14 nitrogen and oxygen atoms in total. The first-order valence-corrected chi connectivity index (χ1v) is 8.32. The van der Waals surface area contributed by atoms with Gasteiger partial charge in [0.15, 0.2) is 10.5 Å². The van der Waals surface area contributed by atoms with Crippen molar-refractivity contribution in [3.8, 4) is 0 Å². The third kappa shape index (κ3) is 19.8. The predicted molar refractivity (Wildman–Crippen MR) is 91.9 cm³/mol. The maximum absolute atomic E-state index is 10.2. The van der Waals surface area contributed by atoms with Crippen LogP contribution in [0.4, 0.5) is 0 Å². The molecule has 0 saturated heterocycles. The number of hydrogen-bond donors (Lipinski definition) is 6. The molecule has 0 saturated carbocycles. The fraction of sp³-hybridized carbons (Fsp3) is 0.500. The van der Waals surface area contributed by atoms with Crippen LogP contribution in [-0.2, 0) is 39.4 Å². The van der Waals surface area contributed by atoms with Gasteiger partial charge in [0.2, 0.25) is 0 Å². The van der Waals surface area contributed by atoms with Gasteiger partial charge in [-0.1, -0.05) is 0 Å². The van der Waals surface area contributed by atoms with Crippen LogP contribution in [0.2, 0.25) is 0 Å². The van der Waals surface area contributed by atoms with E-state index in [-0.39, 0.29) is 88.7 Å². The molecule has 146 valence electrons. The normalized spacial score (nSPS) is 12.2. The number of aliphatic carboxylic acids is 4. The van der Waals surface area contributed by atoms with Gasteiger partial charge in [-0.25, -0.2) is 0 Å². The Morgan fingerprint density at radius 2 is 0.778 bits per heavy atom. The first-order valence-electron chi connectivity index (χ1n) is 5.32. The van der Waals surface area contributed by atoms with Gasteiger partial charge >= 0.3 is 113 Å². The zero-order valence-corrected chi connectivity index (χ0v) is 13.0. The first kappa shape index (κ1) is 38.3. The topological polar surface area (TPSA) is 258 Å². The summed E-state index contributed by atoms with van der Waals surface area (Å²) < 4.78 is 57.3. The molecule has 2 unspecified atom stereocenters. The van der Waals surface area contributed by atoms with Crippen molar-refractivity contribution < 1.29 is 65.5 Å². The van der Waals surface area contributed by atoms with Crippen LogP contribution in [-0.4, -0.2) is 169 Å². The second-order valence-electron chi connectivity index (χ2n) is 3.88. The summed E-state index contributed by atoms with van der Waals surface area (Å²) in [5, 5.41) is 27.8. The molecule has 27 heavy (non-hydrogen) atoms. The van der Waals surface area contributed by atoms with Crippen LogP contribution in [0.25, 0.3) is 0 Å². The van der Waals surface area contributed by atoms with Crippen molar-refractivity contribution in [3.63, 3.8) is 0 Å². The molecule has 0 aromatic heterocycles. The molecular weight excluding hydrogens is 453 g/mol. The van der Waals surface area contributed by atoms with E-state index in [1.54, 1.807) is 0 Å². The fourth-order valence-electron chi connectivity index (χ4n) is 0.957. The predicted octanol–water partition coefficient (Wildman–Crippen LogP) is -4.34. The van der Waals surface area contributed by atoms with Crippen LogP contribution < -0.4 is 0 Å². The van der Waals surface area contributed by atoms with Crippen LogP contribution in [0.15, 0.2) is 0 Å². The Bertz CT molecular complexity index is 653. The molecule has 2 atom stereocenters. The van der Waals surface area contributed by atoms with Gasteiger partial charge in [0.25, 0.3) is 20.2 Å². The van der Waals surface area contributed by atoms with Crippen LogP contribution in [0, 0.1) is 0 Å². The van der Waals surface area contributed by atoms with Crippen molar-refractivity contribution >= 4 is 133 Å². The monoisotopic (exact) mass is 468 g/mol. The molecule has 0 aliphatic heterocycles. The number of carboxylic acid groups (broad SMARTS) is 4. The standard InChI is InChI=1S/2C4H6O7S.3Na.3H/c2*5-3(6)1-2(4(7)8)12(9,10)11;;;;;;/h2*2H,1H2,(H,5,6)(H,7,8)(H,9,10,11);;;;;;.